The molecule has 1 atom stereocenters. The summed E-state index contributed by atoms with van der Waals surface area (Å²) in [5, 5.41) is 6.96. The monoisotopic (exact) mass is 568 g/mol. The number of aryl methyl sites for hydroxylation is 1. The first kappa shape index (κ1) is 21.9. The first-order valence-corrected chi connectivity index (χ1v) is 10.3. The number of benzene rings is 2. The van der Waals surface area contributed by atoms with Gasteiger partial charge >= 0.3 is 0 Å². The number of hydrogen-bond acceptors (Lipinski definition) is 3. The van der Waals surface area contributed by atoms with Crippen LogP contribution in [0.2, 0.25) is 0 Å². The van der Waals surface area contributed by atoms with E-state index in [0.717, 1.165) is 46.8 Å². The number of imidazole rings is 1. The molecule has 1 unspecified atom stereocenters. The van der Waals surface area contributed by atoms with Crippen LogP contribution in [0.5, 0.6) is 0 Å². The average molecular weight is 569 g/mol. The highest BCUT2D eigenvalue weighted by Gasteiger charge is 2.24. The van der Waals surface area contributed by atoms with Gasteiger partial charge in [-0.2, -0.15) is 0 Å². The standard InChI is InChI=1S/C21H25BrN6.HI/c1-23-21(24-13-20-26-17-8-4-6-10-19(17)27(20)2)25-15-11-12-28(14-15)18-9-5-3-7-16(18)22;/h3-10,15H,11-14H2,1-2H3,(H2,23,24,25);1H. The van der Waals surface area contributed by atoms with Gasteiger partial charge in [-0.1, -0.05) is 24.3 Å². The molecule has 0 spiro atoms. The molecule has 8 heteroatoms. The molecule has 0 bridgehead atoms. The Balaban J connectivity index is 0.00000240. The molecule has 2 aromatic carbocycles. The van der Waals surface area contributed by atoms with Gasteiger partial charge in [0, 0.05) is 37.7 Å². The van der Waals surface area contributed by atoms with Gasteiger partial charge in [-0.05, 0) is 46.6 Å². The van der Waals surface area contributed by atoms with Crippen LogP contribution in [0.4, 0.5) is 5.69 Å². The van der Waals surface area contributed by atoms with Gasteiger partial charge in [0.15, 0.2) is 5.96 Å². The number of para-hydroxylation sites is 3. The Morgan fingerprint density at radius 3 is 2.72 bits per heavy atom. The molecule has 2 N–H and O–H groups in total. The normalized spacial score (nSPS) is 16.7. The molecule has 1 saturated heterocycles. The van der Waals surface area contributed by atoms with Gasteiger partial charge in [0.25, 0.3) is 0 Å². The Hall–Kier alpha value is -1.81. The maximum absolute atomic E-state index is 4.72. The number of fused-ring (bicyclic) bond motifs is 1. The summed E-state index contributed by atoms with van der Waals surface area (Å²) in [6, 6.07) is 16.9. The van der Waals surface area contributed by atoms with Crippen LogP contribution in [0.15, 0.2) is 58.0 Å². The predicted molar refractivity (Wildman–Crippen MR) is 134 cm³/mol. The molecule has 0 amide bonds. The third kappa shape index (κ3) is 4.85. The van der Waals surface area contributed by atoms with Gasteiger partial charge < -0.3 is 20.1 Å². The molecule has 1 aliphatic rings. The van der Waals surface area contributed by atoms with Crippen molar-refractivity contribution < 1.29 is 0 Å². The Labute approximate surface area is 196 Å². The van der Waals surface area contributed by atoms with Crippen molar-refractivity contribution in [2.45, 2.75) is 19.0 Å². The molecule has 154 valence electrons. The maximum atomic E-state index is 4.72. The van der Waals surface area contributed by atoms with E-state index in [9.17, 15) is 0 Å². The van der Waals surface area contributed by atoms with Gasteiger partial charge in [-0.15, -0.1) is 24.0 Å². The zero-order valence-electron chi connectivity index (χ0n) is 16.6. The van der Waals surface area contributed by atoms with E-state index in [0.29, 0.717) is 12.6 Å². The number of rotatable bonds is 4. The number of nitrogens with one attached hydrogen (secondary N) is 2. The number of anilines is 1. The van der Waals surface area contributed by atoms with E-state index < -0.39 is 0 Å². The lowest BCUT2D eigenvalue weighted by molar-refractivity contribution is 0.641. The SMILES string of the molecule is CN=C(NCc1nc2ccccc2n1C)NC1CCN(c2ccccc2Br)C1.I. The van der Waals surface area contributed by atoms with E-state index in [-0.39, 0.29) is 24.0 Å². The number of aliphatic imine (C=N–C) groups is 1. The van der Waals surface area contributed by atoms with Gasteiger partial charge in [0.2, 0.25) is 0 Å². The molecule has 1 aromatic heterocycles. The van der Waals surface area contributed by atoms with Gasteiger partial charge in [0.1, 0.15) is 5.82 Å². The Morgan fingerprint density at radius 1 is 1.21 bits per heavy atom. The van der Waals surface area contributed by atoms with Crippen molar-refractivity contribution in [3.05, 3.63) is 58.8 Å². The number of aromatic nitrogens is 2. The van der Waals surface area contributed by atoms with Crippen LogP contribution in [0.3, 0.4) is 0 Å². The lowest BCUT2D eigenvalue weighted by Crippen LogP contribution is -2.44. The van der Waals surface area contributed by atoms with Crippen LogP contribution in [0, 0.1) is 0 Å². The summed E-state index contributed by atoms with van der Waals surface area (Å²) >= 11 is 3.66. The molecule has 6 nitrogen and oxygen atoms in total. The van der Waals surface area contributed by atoms with Crippen molar-refractivity contribution in [2.24, 2.45) is 12.0 Å². The second-order valence-corrected chi connectivity index (χ2v) is 7.88. The molecule has 1 fully saturated rings. The molecule has 1 aliphatic heterocycles. The first-order valence-electron chi connectivity index (χ1n) is 9.52. The molecule has 0 aliphatic carbocycles. The molecule has 29 heavy (non-hydrogen) atoms. The minimum Gasteiger partial charge on any atom is -0.368 e. The molecule has 4 rings (SSSR count). The summed E-state index contributed by atoms with van der Waals surface area (Å²) in [6.07, 6.45) is 1.08. The summed E-state index contributed by atoms with van der Waals surface area (Å²) in [5.74, 6) is 1.80. The van der Waals surface area contributed by atoms with E-state index >= 15 is 0 Å². The quantitative estimate of drug-likeness (QED) is 0.285. The van der Waals surface area contributed by atoms with Crippen LogP contribution in [-0.4, -0.2) is 41.7 Å². The third-order valence-electron chi connectivity index (χ3n) is 5.24. The van der Waals surface area contributed by atoms with E-state index in [1.54, 1.807) is 0 Å². The highest BCUT2D eigenvalue weighted by atomic mass is 127. The van der Waals surface area contributed by atoms with E-state index in [4.69, 9.17) is 4.98 Å². The van der Waals surface area contributed by atoms with Crippen molar-refractivity contribution in [1.82, 2.24) is 20.2 Å². The highest BCUT2D eigenvalue weighted by molar-refractivity contribution is 14.0. The molecular weight excluding hydrogens is 543 g/mol. The summed E-state index contributed by atoms with van der Waals surface area (Å²) < 4.78 is 3.26. The molecule has 0 radical (unpaired) electrons. The minimum absolute atomic E-state index is 0. The lowest BCUT2D eigenvalue weighted by atomic mass is 10.3. The molecule has 0 saturated carbocycles. The number of nitrogens with zero attached hydrogens (tertiary/aromatic N) is 4. The van der Waals surface area contributed by atoms with Gasteiger partial charge in [0.05, 0.1) is 23.3 Å². The van der Waals surface area contributed by atoms with Gasteiger partial charge in [-0.3, -0.25) is 4.99 Å². The second kappa shape index (κ2) is 9.80. The van der Waals surface area contributed by atoms with Crippen LogP contribution >= 0.6 is 39.9 Å². The lowest BCUT2D eigenvalue weighted by Gasteiger charge is -2.21. The van der Waals surface area contributed by atoms with Crippen molar-refractivity contribution in [1.29, 1.82) is 0 Å². The number of hydrogen-bond donors (Lipinski definition) is 2. The van der Waals surface area contributed by atoms with E-state index in [1.807, 2.05) is 31.3 Å². The predicted octanol–water partition coefficient (Wildman–Crippen LogP) is 3.90. The van der Waals surface area contributed by atoms with Crippen molar-refractivity contribution in [3.8, 4) is 0 Å². The molecular formula is C21H26BrIN6. The third-order valence-corrected chi connectivity index (χ3v) is 5.91. The number of halogens is 2. The van der Waals surface area contributed by atoms with Crippen LogP contribution < -0.4 is 15.5 Å². The fourth-order valence-corrected chi connectivity index (χ4v) is 4.24. The maximum Gasteiger partial charge on any atom is 0.191 e. The van der Waals surface area contributed by atoms with Crippen LogP contribution in [0.25, 0.3) is 11.0 Å². The second-order valence-electron chi connectivity index (χ2n) is 7.03. The average Bonchev–Trinajstić information content (AvgIpc) is 3.30. The van der Waals surface area contributed by atoms with E-state index in [2.05, 4.69) is 72.3 Å². The molecule has 2 heterocycles. The van der Waals surface area contributed by atoms with Crippen LogP contribution in [0.1, 0.15) is 12.2 Å². The first-order chi connectivity index (χ1) is 13.7. The van der Waals surface area contributed by atoms with Crippen molar-refractivity contribution in [3.63, 3.8) is 0 Å². The zero-order chi connectivity index (χ0) is 19.5. The number of guanidine groups is 1. The fourth-order valence-electron chi connectivity index (χ4n) is 3.71. The highest BCUT2D eigenvalue weighted by Crippen LogP contribution is 2.28. The summed E-state index contributed by atoms with van der Waals surface area (Å²) in [7, 11) is 3.86. The van der Waals surface area contributed by atoms with Crippen molar-refractivity contribution in [2.75, 3.05) is 25.0 Å². The summed E-state index contributed by atoms with van der Waals surface area (Å²) in [6.45, 7) is 2.61. The summed E-state index contributed by atoms with van der Waals surface area (Å²) in [5.41, 5.74) is 3.40. The minimum atomic E-state index is 0. The summed E-state index contributed by atoms with van der Waals surface area (Å²) in [4.78, 5) is 11.5. The van der Waals surface area contributed by atoms with Crippen molar-refractivity contribution >= 4 is 62.6 Å². The van der Waals surface area contributed by atoms with Crippen LogP contribution in [-0.2, 0) is 13.6 Å². The Morgan fingerprint density at radius 2 is 1.97 bits per heavy atom. The topological polar surface area (TPSA) is 57.5 Å². The Kier molecular flexibility index (Phi) is 7.39. The Bertz CT molecular complexity index is 1000. The fraction of sp³-hybridized carbons (Fsp3) is 0.333. The largest absolute Gasteiger partial charge is 0.368 e. The smallest absolute Gasteiger partial charge is 0.191 e. The van der Waals surface area contributed by atoms with E-state index in [1.165, 1.54) is 5.69 Å². The molecule has 3 aromatic rings. The van der Waals surface area contributed by atoms with Gasteiger partial charge in [-0.25, -0.2) is 4.98 Å². The zero-order valence-corrected chi connectivity index (χ0v) is 20.5.